The highest BCUT2D eigenvalue weighted by Crippen LogP contribution is 2.27. The van der Waals surface area contributed by atoms with Crippen molar-refractivity contribution in [2.75, 3.05) is 12.4 Å². The molecule has 4 rings (SSSR count). The second kappa shape index (κ2) is 7.38. The maximum atomic E-state index is 12.3. The van der Waals surface area contributed by atoms with Crippen LogP contribution < -0.4 is 0 Å². The first kappa shape index (κ1) is 16.9. The van der Waals surface area contributed by atoms with E-state index < -0.39 is 0 Å². The van der Waals surface area contributed by atoms with Crippen molar-refractivity contribution in [3.05, 3.63) is 65.4 Å². The number of esters is 1. The summed E-state index contributed by atoms with van der Waals surface area (Å²) in [6, 6.07) is 13.9. The van der Waals surface area contributed by atoms with Crippen molar-refractivity contribution in [1.29, 1.82) is 0 Å². The molecule has 0 saturated heterocycles. The van der Waals surface area contributed by atoms with Gasteiger partial charge >= 0.3 is 5.97 Å². The predicted octanol–water partition coefficient (Wildman–Crippen LogP) is 4.17. The minimum absolute atomic E-state index is 0.196. The summed E-state index contributed by atoms with van der Waals surface area (Å²) in [5.74, 6) is -0.359. The molecule has 4 nitrogen and oxygen atoms in total. The molecule has 1 N–H and O–H groups in total. The first-order valence-corrected chi connectivity index (χ1v) is 9.69. The number of benzene rings is 2. The Labute approximate surface area is 155 Å². The lowest BCUT2D eigenvalue weighted by atomic mass is 10.1. The number of hydrogen-bond acceptors (Lipinski definition) is 4. The molecule has 0 amide bonds. The Morgan fingerprint density at radius 1 is 1.08 bits per heavy atom. The highest BCUT2D eigenvalue weighted by atomic mass is 32.2. The molecule has 0 radical (unpaired) electrons. The average Bonchev–Trinajstić information content (AvgIpc) is 3.30. The molecule has 5 heteroatoms. The summed E-state index contributed by atoms with van der Waals surface area (Å²) >= 11 is 1.45. The van der Waals surface area contributed by atoms with E-state index in [0.29, 0.717) is 5.56 Å². The zero-order chi connectivity index (χ0) is 17.9. The number of Topliss-reactive ketones (excluding diaryl/α,β-unsaturated/α-hetero) is 1. The van der Waals surface area contributed by atoms with Gasteiger partial charge in [0.05, 0.1) is 5.75 Å². The molecule has 0 fully saturated rings. The van der Waals surface area contributed by atoms with Crippen LogP contribution >= 0.6 is 11.8 Å². The van der Waals surface area contributed by atoms with Crippen molar-refractivity contribution in [1.82, 2.24) is 4.98 Å². The number of rotatable bonds is 6. The van der Waals surface area contributed by atoms with Crippen molar-refractivity contribution in [2.45, 2.75) is 24.2 Å². The van der Waals surface area contributed by atoms with E-state index in [9.17, 15) is 9.59 Å². The number of thioether (sulfide) groups is 1. The molecule has 26 heavy (non-hydrogen) atoms. The number of hydrogen-bond donors (Lipinski definition) is 1. The van der Waals surface area contributed by atoms with Crippen LogP contribution in [0.1, 0.15) is 27.9 Å². The standard InChI is InChI=1S/C21H19NO3S/c23-20(18-11-22-19-7-2-1-6-17(18)19)12-25-21(24)13-26-16-9-8-14-4-3-5-15(14)10-16/h1-2,6-11,22H,3-5,12-13H2. The van der Waals surface area contributed by atoms with Gasteiger partial charge in [-0.2, -0.15) is 0 Å². The van der Waals surface area contributed by atoms with E-state index in [2.05, 4.69) is 23.2 Å². The molecule has 0 aliphatic heterocycles. The van der Waals surface area contributed by atoms with Crippen molar-refractivity contribution in [2.24, 2.45) is 0 Å². The van der Waals surface area contributed by atoms with Gasteiger partial charge < -0.3 is 9.72 Å². The third kappa shape index (κ3) is 3.53. The first-order valence-electron chi connectivity index (χ1n) is 8.70. The third-order valence-electron chi connectivity index (χ3n) is 4.68. The smallest absolute Gasteiger partial charge is 0.316 e. The van der Waals surface area contributed by atoms with Crippen LogP contribution in [0.15, 0.2) is 53.6 Å². The summed E-state index contributed by atoms with van der Waals surface area (Å²) in [6.07, 6.45) is 5.15. The van der Waals surface area contributed by atoms with Gasteiger partial charge in [-0.15, -0.1) is 11.8 Å². The Hall–Kier alpha value is -2.53. The van der Waals surface area contributed by atoms with E-state index in [0.717, 1.165) is 28.6 Å². The lowest BCUT2D eigenvalue weighted by Crippen LogP contribution is -2.15. The monoisotopic (exact) mass is 365 g/mol. The zero-order valence-corrected chi connectivity index (χ0v) is 15.1. The van der Waals surface area contributed by atoms with E-state index in [1.807, 2.05) is 24.3 Å². The summed E-state index contributed by atoms with van der Waals surface area (Å²) in [4.78, 5) is 28.4. The minimum atomic E-state index is -0.372. The second-order valence-electron chi connectivity index (χ2n) is 6.40. The van der Waals surface area contributed by atoms with Gasteiger partial charge in [0.1, 0.15) is 0 Å². The van der Waals surface area contributed by atoms with Gasteiger partial charge in [0.2, 0.25) is 5.78 Å². The van der Waals surface area contributed by atoms with E-state index in [1.165, 1.54) is 29.3 Å². The van der Waals surface area contributed by atoms with Crippen LogP contribution in [0.3, 0.4) is 0 Å². The Bertz CT molecular complexity index is 976. The number of aromatic amines is 1. The van der Waals surface area contributed by atoms with Crippen LogP contribution in [0, 0.1) is 0 Å². The topological polar surface area (TPSA) is 59.2 Å². The molecule has 3 aromatic rings. The number of H-pyrrole nitrogens is 1. The van der Waals surface area contributed by atoms with E-state index in [4.69, 9.17) is 4.74 Å². The van der Waals surface area contributed by atoms with Gasteiger partial charge in [0, 0.05) is 27.6 Å². The summed E-state index contributed by atoms with van der Waals surface area (Å²) < 4.78 is 5.17. The Balaban J connectivity index is 1.30. The molecule has 0 bridgehead atoms. The number of para-hydroxylation sites is 1. The molecule has 1 aliphatic rings. The zero-order valence-electron chi connectivity index (χ0n) is 14.3. The Kier molecular flexibility index (Phi) is 4.80. The molecular formula is C21H19NO3S. The van der Waals surface area contributed by atoms with Gasteiger partial charge in [0.15, 0.2) is 6.61 Å². The van der Waals surface area contributed by atoms with Crippen LogP contribution in [-0.2, 0) is 22.4 Å². The largest absolute Gasteiger partial charge is 0.457 e. The quantitative estimate of drug-likeness (QED) is 0.404. The molecule has 0 unspecified atom stereocenters. The van der Waals surface area contributed by atoms with Gasteiger partial charge in [-0.05, 0) is 48.6 Å². The number of carbonyl (C=O) groups excluding carboxylic acids is 2. The van der Waals surface area contributed by atoms with Crippen molar-refractivity contribution in [3.63, 3.8) is 0 Å². The van der Waals surface area contributed by atoms with Gasteiger partial charge in [-0.25, -0.2) is 0 Å². The minimum Gasteiger partial charge on any atom is -0.457 e. The molecule has 0 saturated carbocycles. The normalized spacial score (nSPS) is 12.9. The van der Waals surface area contributed by atoms with Gasteiger partial charge in [0.25, 0.3) is 0 Å². The lowest BCUT2D eigenvalue weighted by molar-refractivity contribution is -0.139. The summed E-state index contributed by atoms with van der Waals surface area (Å²) in [6.45, 7) is -0.231. The summed E-state index contributed by atoms with van der Waals surface area (Å²) in [5.41, 5.74) is 4.26. The van der Waals surface area contributed by atoms with Gasteiger partial charge in [-0.1, -0.05) is 24.3 Å². The summed E-state index contributed by atoms with van der Waals surface area (Å²) in [5, 5.41) is 0.848. The van der Waals surface area contributed by atoms with Gasteiger partial charge in [-0.3, -0.25) is 9.59 Å². The molecule has 0 atom stereocenters. The molecular weight excluding hydrogens is 346 g/mol. The molecule has 132 valence electrons. The molecule has 2 aromatic carbocycles. The van der Waals surface area contributed by atoms with E-state index in [1.54, 1.807) is 6.20 Å². The molecule has 1 heterocycles. The Morgan fingerprint density at radius 2 is 1.92 bits per heavy atom. The molecule has 1 aliphatic carbocycles. The predicted molar refractivity (Wildman–Crippen MR) is 103 cm³/mol. The van der Waals surface area contributed by atoms with Crippen LogP contribution in [-0.4, -0.2) is 29.1 Å². The fraction of sp³-hybridized carbons (Fsp3) is 0.238. The fourth-order valence-corrected chi connectivity index (χ4v) is 4.11. The second-order valence-corrected chi connectivity index (χ2v) is 7.45. The maximum Gasteiger partial charge on any atom is 0.316 e. The molecule has 0 spiro atoms. The first-order chi connectivity index (χ1) is 12.7. The fourth-order valence-electron chi connectivity index (χ4n) is 3.35. The van der Waals surface area contributed by atoms with Crippen LogP contribution in [0.4, 0.5) is 0 Å². The van der Waals surface area contributed by atoms with Crippen LogP contribution in [0.25, 0.3) is 10.9 Å². The highest BCUT2D eigenvalue weighted by molar-refractivity contribution is 8.00. The third-order valence-corrected chi connectivity index (χ3v) is 5.65. The number of aromatic nitrogens is 1. The summed E-state index contributed by atoms with van der Waals surface area (Å²) in [7, 11) is 0. The van der Waals surface area contributed by atoms with Crippen molar-refractivity contribution < 1.29 is 14.3 Å². The van der Waals surface area contributed by atoms with Crippen molar-refractivity contribution >= 4 is 34.4 Å². The lowest BCUT2D eigenvalue weighted by Gasteiger charge is -2.06. The van der Waals surface area contributed by atoms with Crippen LogP contribution in [0.2, 0.25) is 0 Å². The van der Waals surface area contributed by atoms with Crippen molar-refractivity contribution in [3.8, 4) is 0 Å². The number of ether oxygens (including phenoxy) is 1. The maximum absolute atomic E-state index is 12.3. The molecule has 1 aromatic heterocycles. The SMILES string of the molecule is O=C(CSc1ccc2c(c1)CCC2)OCC(=O)c1c[nH]c2ccccc12. The Morgan fingerprint density at radius 3 is 2.85 bits per heavy atom. The number of fused-ring (bicyclic) bond motifs is 2. The number of aryl methyl sites for hydroxylation is 2. The van der Waals surface area contributed by atoms with Crippen LogP contribution in [0.5, 0.6) is 0 Å². The number of carbonyl (C=O) groups is 2. The average molecular weight is 365 g/mol. The number of ketones is 1. The van der Waals surface area contributed by atoms with E-state index >= 15 is 0 Å². The van der Waals surface area contributed by atoms with E-state index in [-0.39, 0.29) is 24.1 Å². The number of nitrogens with one attached hydrogen (secondary N) is 1. The highest BCUT2D eigenvalue weighted by Gasteiger charge is 2.15.